The van der Waals surface area contributed by atoms with Gasteiger partial charge in [-0.3, -0.25) is 14.6 Å². The molecular formula is C29H33N3O3. The van der Waals surface area contributed by atoms with Gasteiger partial charge in [-0.1, -0.05) is 43.7 Å². The van der Waals surface area contributed by atoms with Crippen LogP contribution in [0.4, 0.5) is 16.2 Å². The van der Waals surface area contributed by atoms with Crippen molar-refractivity contribution in [2.75, 3.05) is 23.8 Å². The van der Waals surface area contributed by atoms with Crippen LogP contribution < -0.4 is 15.0 Å². The highest BCUT2D eigenvalue weighted by Crippen LogP contribution is 2.22. The van der Waals surface area contributed by atoms with Crippen LogP contribution in [0.25, 0.3) is 0 Å². The van der Waals surface area contributed by atoms with Gasteiger partial charge < -0.3 is 10.1 Å². The molecule has 35 heavy (non-hydrogen) atoms. The molecule has 0 aliphatic carbocycles. The third kappa shape index (κ3) is 6.49. The van der Waals surface area contributed by atoms with Crippen molar-refractivity contribution in [3.8, 4) is 5.75 Å². The molecule has 1 fully saturated rings. The monoisotopic (exact) mass is 471 g/mol. The van der Waals surface area contributed by atoms with E-state index in [1.807, 2.05) is 54.6 Å². The Hall–Kier alpha value is -3.64. The quantitative estimate of drug-likeness (QED) is 0.437. The van der Waals surface area contributed by atoms with Gasteiger partial charge in [-0.2, -0.15) is 0 Å². The Labute approximate surface area is 207 Å². The fourth-order valence-electron chi connectivity index (χ4n) is 4.46. The number of para-hydroxylation sites is 1. The van der Waals surface area contributed by atoms with Crippen molar-refractivity contribution in [1.82, 2.24) is 4.90 Å². The molecule has 0 radical (unpaired) electrons. The standard InChI is InChI=1S/C29H33N3O3/c1-3-25-9-7-8-20-32(25)21-22-12-14-23(15-13-22)28(33)30-24-16-18-27(19-17-24)35-29(34)31(2)26-10-5-4-6-11-26/h4-6,10-19,25H,3,7-9,20-21H2,1-2H3,(H,30,33). The van der Waals surface area contributed by atoms with E-state index in [1.54, 1.807) is 31.3 Å². The Bertz CT molecular complexity index is 1110. The van der Waals surface area contributed by atoms with E-state index in [0.29, 0.717) is 23.0 Å². The fourth-order valence-corrected chi connectivity index (χ4v) is 4.46. The molecule has 6 nitrogen and oxygen atoms in total. The number of amides is 2. The highest BCUT2D eigenvalue weighted by Gasteiger charge is 2.20. The lowest BCUT2D eigenvalue weighted by Gasteiger charge is -2.35. The number of carbonyl (C=O) groups is 2. The predicted molar refractivity (Wildman–Crippen MR) is 140 cm³/mol. The minimum Gasteiger partial charge on any atom is -0.410 e. The van der Waals surface area contributed by atoms with E-state index in [2.05, 4.69) is 17.1 Å². The van der Waals surface area contributed by atoms with Crippen LogP contribution in [0.5, 0.6) is 5.75 Å². The SMILES string of the molecule is CCC1CCCCN1Cc1ccc(C(=O)Nc2ccc(OC(=O)N(C)c3ccccc3)cc2)cc1. The lowest BCUT2D eigenvalue weighted by atomic mass is 9.99. The molecule has 0 aromatic heterocycles. The molecule has 0 bridgehead atoms. The van der Waals surface area contributed by atoms with Gasteiger partial charge in [-0.25, -0.2) is 4.79 Å². The van der Waals surface area contributed by atoms with E-state index in [1.165, 1.54) is 36.1 Å². The number of nitrogens with zero attached hydrogens (tertiary/aromatic N) is 2. The van der Waals surface area contributed by atoms with Crippen LogP contribution in [0.2, 0.25) is 0 Å². The number of hydrogen-bond donors (Lipinski definition) is 1. The van der Waals surface area contributed by atoms with E-state index in [4.69, 9.17) is 4.74 Å². The molecule has 6 heteroatoms. The van der Waals surface area contributed by atoms with Gasteiger partial charge in [-0.05, 0) is 79.9 Å². The summed E-state index contributed by atoms with van der Waals surface area (Å²) in [6.07, 6.45) is 4.56. The summed E-state index contributed by atoms with van der Waals surface area (Å²) in [6.45, 7) is 4.34. The van der Waals surface area contributed by atoms with Crippen LogP contribution in [0, 0.1) is 0 Å². The second kappa shape index (κ2) is 11.7. The molecule has 2 amide bonds. The first-order chi connectivity index (χ1) is 17.0. The zero-order valence-electron chi connectivity index (χ0n) is 20.4. The number of piperidine rings is 1. The van der Waals surface area contributed by atoms with Crippen LogP contribution in [0.1, 0.15) is 48.5 Å². The number of likely N-dealkylation sites (tertiary alicyclic amines) is 1. The maximum absolute atomic E-state index is 12.7. The number of ether oxygens (including phenoxy) is 1. The minimum absolute atomic E-state index is 0.172. The first-order valence-corrected chi connectivity index (χ1v) is 12.3. The number of rotatable bonds is 7. The molecule has 1 heterocycles. The summed E-state index contributed by atoms with van der Waals surface area (Å²) in [5.74, 6) is 0.234. The number of benzene rings is 3. The average molecular weight is 472 g/mol. The summed E-state index contributed by atoms with van der Waals surface area (Å²) in [6, 6.07) is 24.6. The molecule has 1 atom stereocenters. The van der Waals surface area contributed by atoms with Crippen LogP contribution in [0.3, 0.4) is 0 Å². The molecule has 1 aliphatic rings. The molecule has 1 N–H and O–H groups in total. The van der Waals surface area contributed by atoms with E-state index >= 15 is 0 Å². The predicted octanol–water partition coefficient (Wildman–Crippen LogP) is 6.34. The molecule has 0 saturated carbocycles. The summed E-state index contributed by atoms with van der Waals surface area (Å²) >= 11 is 0. The second-order valence-electron chi connectivity index (χ2n) is 8.97. The summed E-state index contributed by atoms with van der Waals surface area (Å²) < 4.78 is 5.44. The summed E-state index contributed by atoms with van der Waals surface area (Å²) in [5.41, 5.74) is 3.22. The van der Waals surface area contributed by atoms with Gasteiger partial charge in [0.2, 0.25) is 0 Å². The first kappa shape index (κ1) is 24.5. The summed E-state index contributed by atoms with van der Waals surface area (Å²) in [4.78, 5) is 29.1. The third-order valence-electron chi connectivity index (χ3n) is 6.56. The van der Waals surface area contributed by atoms with E-state index in [9.17, 15) is 9.59 Å². The normalized spacial score (nSPS) is 15.9. The van der Waals surface area contributed by atoms with Crippen molar-refractivity contribution in [1.29, 1.82) is 0 Å². The zero-order valence-corrected chi connectivity index (χ0v) is 20.4. The first-order valence-electron chi connectivity index (χ1n) is 12.3. The van der Waals surface area contributed by atoms with Crippen LogP contribution in [-0.2, 0) is 6.54 Å². The van der Waals surface area contributed by atoms with Crippen molar-refractivity contribution < 1.29 is 14.3 Å². The maximum atomic E-state index is 12.7. The van der Waals surface area contributed by atoms with Crippen LogP contribution >= 0.6 is 0 Å². The molecule has 3 aromatic rings. The lowest BCUT2D eigenvalue weighted by molar-refractivity contribution is 0.102. The molecule has 4 rings (SSSR count). The highest BCUT2D eigenvalue weighted by atomic mass is 16.6. The topological polar surface area (TPSA) is 61.9 Å². The van der Waals surface area contributed by atoms with Crippen molar-refractivity contribution in [2.45, 2.75) is 45.2 Å². The summed E-state index contributed by atoms with van der Waals surface area (Å²) in [5, 5.41) is 2.90. The smallest absolute Gasteiger partial charge is 0.410 e. The molecule has 1 aliphatic heterocycles. The lowest BCUT2D eigenvalue weighted by Crippen LogP contribution is -2.38. The number of carbonyl (C=O) groups excluding carboxylic acids is 2. The Morgan fingerprint density at radius 2 is 1.69 bits per heavy atom. The van der Waals surface area contributed by atoms with Crippen molar-refractivity contribution in [3.63, 3.8) is 0 Å². The number of anilines is 2. The van der Waals surface area contributed by atoms with Gasteiger partial charge in [0.15, 0.2) is 0 Å². The molecule has 182 valence electrons. The third-order valence-corrected chi connectivity index (χ3v) is 6.56. The fraction of sp³-hybridized carbons (Fsp3) is 0.310. The number of nitrogens with one attached hydrogen (secondary N) is 1. The molecule has 3 aromatic carbocycles. The Balaban J connectivity index is 1.30. The molecule has 0 spiro atoms. The minimum atomic E-state index is -0.483. The van der Waals surface area contributed by atoms with Gasteiger partial charge in [-0.15, -0.1) is 0 Å². The second-order valence-corrected chi connectivity index (χ2v) is 8.97. The Morgan fingerprint density at radius 1 is 0.971 bits per heavy atom. The Morgan fingerprint density at radius 3 is 2.37 bits per heavy atom. The van der Waals surface area contributed by atoms with Gasteiger partial charge >= 0.3 is 6.09 Å². The molecule has 1 unspecified atom stereocenters. The van der Waals surface area contributed by atoms with E-state index in [0.717, 1.165) is 18.8 Å². The van der Waals surface area contributed by atoms with E-state index in [-0.39, 0.29) is 5.91 Å². The molecule has 1 saturated heterocycles. The van der Waals surface area contributed by atoms with Crippen molar-refractivity contribution in [2.24, 2.45) is 0 Å². The zero-order chi connectivity index (χ0) is 24.6. The van der Waals surface area contributed by atoms with Crippen molar-refractivity contribution >= 4 is 23.4 Å². The van der Waals surface area contributed by atoms with E-state index < -0.39 is 6.09 Å². The highest BCUT2D eigenvalue weighted by molar-refractivity contribution is 6.04. The molecular weight excluding hydrogens is 438 g/mol. The maximum Gasteiger partial charge on any atom is 0.419 e. The van der Waals surface area contributed by atoms with Gasteiger partial charge in [0.1, 0.15) is 5.75 Å². The number of hydrogen-bond acceptors (Lipinski definition) is 4. The van der Waals surface area contributed by atoms with Crippen molar-refractivity contribution in [3.05, 3.63) is 90.0 Å². The van der Waals surface area contributed by atoms with Crippen LogP contribution in [-0.4, -0.2) is 36.5 Å². The largest absolute Gasteiger partial charge is 0.419 e. The van der Waals surface area contributed by atoms with Crippen LogP contribution in [0.15, 0.2) is 78.9 Å². The van der Waals surface area contributed by atoms with Gasteiger partial charge in [0.25, 0.3) is 5.91 Å². The van der Waals surface area contributed by atoms with Gasteiger partial charge in [0, 0.05) is 36.6 Å². The van der Waals surface area contributed by atoms with Gasteiger partial charge in [0.05, 0.1) is 0 Å². The average Bonchev–Trinajstić information content (AvgIpc) is 2.90. The Kier molecular flexibility index (Phi) is 8.16. The summed E-state index contributed by atoms with van der Waals surface area (Å²) in [7, 11) is 1.66.